The first kappa shape index (κ1) is 18.7. The molecule has 1 fully saturated rings. The van der Waals surface area contributed by atoms with E-state index in [4.69, 9.17) is 0 Å². The van der Waals surface area contributed by atoms with Gasteiger partial charge in [-0.2, -0.15) is 0 Å². The number of rotatable bonds is 5. The van der Waals surface area contributed by atoms with Crippen molar-refractivity contribution < 1.29 is 31.1 Å². The molecule has 0 amide bonds. The van der Waals surface area contributed by atoms with Gasteiger partial charge in [0.1, 0.15) is 0 Å². The minimum atomic E-state index is -4.93. The second-order valence-electron chi connectivity index (χ2n) is 5.90. The van der Waals surface area contributed by atoms with E-state index in [2.05, 4.69) is 4.74 Å². The lowest BCUT2D eigenvalue weighted by atomic mass is 9.78. The van der Waals surface area contributed by atoms with Gasteiger partial charge in [0, 0.05) is 6.42 Å². The fraction of sp³-hybridized carbons (Fsp3) is 0.529. The molecule has 1 saturated carbocycles. The molecule has 7 heteroatoms. The number of ether oxygens (including phenoxy) is 1. The van der Waals surface area contributed by atoms with Crippen molar-refractivity contribution >= 4 is 0 Å². The van der Waals surface area contributed by atoms with Crippen LogP contribution in [0.15, 0.2) is 30.4 Å². The van der Waals surface area contributed by atoms with Crippen molar-refractivity contribution in [2.24, 2.45) is 5.92 Å². The van der Waals surface area contributed by atoms with Gasteiger partial charge in [-0.25, -0.2) is 13.2 Å². The van der Waals surface area contributed by atoms with Gasteiger partial charge in [0.2, 0.25) is 6.43 Å². The normalized spacial score (nSPS) is 22.3. The monoisotopic (exact) mass is 352 g/mol. The van der Waals surface area contributed by atoms with Gasteiger partial charge in [0.05, 0.1) is 0 Å². The molecule has 0 N–H and O–H groups in total. The zero-order valence-corrected chi connectivity index (χ0v) is 12.8. The van der Waals surface area contributed by atoms with Crippen molar-refractivity contribution in [2.75, 3.05) is 0 Å². The van der Waals surface area contributed by atoms with E-state index in [0.717, 1.165) is 37.8 Å². The summed E-state index contributed by atoms with van der Waals surface area (Å²) in [5.74, 6) is -1.60. The number of benzene rings is 1. The van der Waals surface area contributed by atoms with Crippen LogP contribution in [0.1, 0.15) is 43.6 Å². The summed E-state index contributed by atoms with van der Waals surface area (Å²) in [4.78, 5) is 0. The van der Waals surface area contributed by atoms with Crippen LogP contribution < -0.4 is 4.74 Å². The van der Waals surface area contributed by atoms with Crippen molar-refractivity contribution in [3.05, 3.63) is 41.7 Å². The van der Waals surface area contributed by atoms with Crippen molar-refractivity contribution in [1.29, 1.82) is 0 Å². The highest BCUT2D eigenvalue weighted by Crippen LogP contribution is 2.38. The van der Waals surface area contributed by atoms with Crippen LogP contribution in [-0.4, -0.2) is 12.8 Å². The van der Waals surface area contributed by atoms with E-state index in [9.17, 15) is 26.3 Å². The van der Waals surface area contributed by atoms with Crippen LogP contribution >= 0.6 is 0 Å². The van der Waals surface area contributed by atoms with Gasteiger partial charge in [0.25, 0.3) is 0 Å². The molecule has 0 spiro atoms. The Kier molecular flexibility index (Phi) is 6.18. The third-order valence-corrected chi connectivity index (χ3v) is 4.15. The van der Waals surface area contributed by atoms with Crippen LogP contribution in [0.25, 0.3) is 0 Å². The molecular formula is C17H18F6O. The summed E-state index contributed by atoms with van der Waals surface area (Å²) >= 11 is 0. The smallest absolute Gasteiger partial charge is 0.403 e. The zero-order chi connectivity index (χ0) is 17.7. The third kappa shape index (κ3) is 5.76. The zero-order valence-electron chi connectivity index (χ0n) is 12.8. The average molecular weight is 352 g/mol. The van der Waals surface area contributed by atoms with Gasteiger partial charge < -0.3 is 4.74 Å². The van der Waals surface area contributed by atoms with Crippen molar-refractivity contribution in [3.63, 3.8) is 0 Å². The molecule has 1 aromatic carbocycles. The lowest BCUT2D eigenvalue weighted by Crippen LogP contribution is -2.18. The Balaban J connectivity index is 1.92. The summed E-state index contributed by atoms with van der Waals surface area (Å²) in [7, 11) is 0. The quantitative estimate of drug-likeness (QED) is 0.452. The van der Waals surface area contributed by atoms with Crippen molar-refractivity contribution in [1.82, 2.24) is 0 Å². The number of alkyl halides is 5. The number of hydrogen-bond donors (Lipinski definition) is 0. The largest absolute Gasteiger partial charge is 0.573 e. The second kappa shape index (κ2) is 7.94. The van der Waals surface area contributed by atoms with Crippen LogP contribution in [0, 0.1) is 11.7 Å². The summed E-state index contributed by atoms with van der Waals surface area (Å²) in [6.07, 6.45) is -1.21. The molecule has 0 aliphatic heterocycles. The minimum absolute atomic E-state index is 0.0548. The Bertz CT molecular complexity index is 559. The van der Waals surface area contributed by atoms with E-state index < -0.39 is 24.4 Å². The standard InChI is InChI=1S/C17H18F6O/c18-14-10-13(8-9-15(14)24-17(21,22)23)12-6-4-11(5-7-12)2-1-3-16(19)20/h1-2,8-12,16H,3-7H2/t11-,12-. The molecule has 1 aliphatic carbocycles. The molecule has 24 heavy (non-hydrogen) atoms. The highest BCUT2D eigenvalue weighted by molar-refractivity contribution is 5.31. The molecule has 0 bridgehead atoms. The summed E-state index contributed by atoms with van der Waals surface area (Å²) < 4.78 is 77.9. The number of halogens is 6. The Morgan fingerprint density at radius 2 is 1.79 bits per heavy atom. The molecule has 0 heterocycles. The molecule has 1 aromatic rings. The maximum Gasteiger partial charge on any atom is 0.573 e. The van der Waals surface area contributed by atoms with Crippen LogP contribution in [0.5, 0.6) is 5.75 Å². The fourth-order valence-electron chi connectivity index (χ4n) is 3.00. The number of allylic oxidation sites excluding steroid dienone is 2. The molecule has 0 aromatic heterocycles. The van der Waals surface area contributed by atoms with Gasteiger partial charge in [-0.15, -0.1) is 13.2 Å². The second-order valence-corrected chi connectivity index (χ2v) is 5.90. The Hall–Kier alpha value is -1.66. The van der Waals surface area contributed by atoms with E-state index >= 15 is 0 Å². The van der Waals surface area contributed by atoms with E-state index in [0.29, 0.717) is 5.56 Å². The highest BCUT2D eigenvalue weighted by atomic mass is 19.4. The summed E-state index contributed by atoms with van der Waals surface area (Å²) in [6, 6.07) is 3.52. The van der Waals surface area contributed by atoms with Crippen LogP contribution in [-0.2, 0) is 0 Å². The first-order valence-corrected chi connectivity index (χ1v) is 7.74. The third-order valence-electron chi connectivity index (χ3n) is 4.15. The van der Waals surface area contributed by atoms with E-state index in [1.807, 2.05) is 0 Å². The summed E-state index contributed by atoms with van der Waals surface area (Å²) in [6.45, 7) is 0. The van der Waals surface area contributed by atoms with Gasteiger partial charge in [0.15, 0.2) is 11.6 Å². The van der Waals surface area contributed by atoms with Gasteiger partial charge in [-0.1, -0.05) is 18.2 Å². The first-order chi connectivity index (χ1) is 11.2. The SMILES string of the molecule is Fc1cc([C@H]2CC[C@H](C=CCC(F)F)CC2)ccc1OC(F)(F)F. The van der Waals surface area contributed by atoms with Gasteiger partial charge >= 0.3 is 6.36 Å². The van der Waals surface area contributed by atoms with E-state index in [-0.39, 0.29) is 18.3 Å². The lowest BCUT2D eigenvalue weighted by Gasteiger charge is -2.27. The Labute approximate surface area is 136 Å². The minimum Gasteiger partial charge on any atom is -0.403 e. The molecule has 0 unspecified atom stereocenters. The maximum atomic E-state index is 13.7. The predicted molar refractivity (Wildman–Crippen MR) is 77.5 cm³/mol. The Morgan fingerprint density at radius 3 is 2.33 bits per heavy atom. The molecule has 0 saturated heterocycles. The maximum absolute atomic E-state index is 13.7. The Morgan fingerprint density at radius 1 is 1.12 bits per heavy atom. The average Bonchev–Trinajstić information content (AvgIpc) is 2.48. The fourth-order valence-corrected chi connectivity index (χ4v) is 3.00. The summed E-state index contributed by atoms with van der Waals surface area (Å²) in [5.41, 5.74) is 0.636. The molecule has 1 nitrogen and oxygen atoms in total. The van der Waals surface area contributed by atoms with Crippen LogP contribution in [0.4, 0.5) is 26.3 Å². The molecule has 1 aliphatic rings. The van der Waals surface area contributed by atoms with Crippen molar-refractivity contribution in [3.8, 4) is 5.75 Å². The summed E-state index contributed by atoms with van der Waals surface area (Å²) in [5, 5.41) is 0. The predicted octanol–water partition coefficient (Wildman–Crippen LogP) is 6.21. The van der Waals surface area contributed by atoms with E-state index in [1.165, 1.54) is 12.1 Å². The molecule has 0 radical (unpaired) electrons. The molecular weight excluding hydrogens is 334 g/mol. The van der Waals surface area contributed by atoms with Crippen LogP contribution in [0.3, 0.4) is 0 Å². The lowest BCUT2D eigenvalue weighted by molar-refractivity contribution is -0.275. The number of hydrogen-bond acceptors (Lipinski definition) is 1. The topological polar surface area (TPSA) is 9.23 Å². The molecule has 134 valence electrons. The van der Waals surface area contributed by atoms with Gasteiger partial charge in [-0.05, 0) is 55.2 Å². The first-order valence-electron chi connectivity index (χ1n) is 7.74. The highest BCUT2D eigenvalue weighted by Gasteiger charge is 2.32. The van der Waals surface area contributed by atoms with E-state index in [1.54, 1.807) is 6.08 Å². The van der Waals surface area contributed by atoms with Gasteiger partial charge in [-0.3, -0.25) is 0 Å². The van der Waals surface area contributed by atoms with Crippen LogP contribution in [0.2, 0.25) is 0 Å². The molecule has 2 rings (SSSR count). The van der Waals surface area contributed by atoms with Crippen molar-refractivity contribution in [2.45, 2.75) is 50.8 Å². The molecule has 0 atom stereocenters.